The fourth-order valence-electron chi connectivity index (χ4n) is 2.82. The lowest BCUT2D eigenvalue weighted by Gasteiger charge is -2.10. The summed E-state index contributed by atoms with van der Waals surface area (Å²) in [5, 5.41) is 12.9. The molecular weight excluding hydrogens is 347 g/mol. The van der Waals surface area contributed by atoms with Crippen LogP contribution in [0.3, 0.4) is 0 Å². The lowest BCUT2D eigenvalue weighted by Crippen LogP contribution is -2.03. The highest BCUT2D eigenvalue weighted by Crippen LogP contribution is 2.37. The third-order valence-electron chi connectivity index (χ3n) is 3.92. The van der Waals surface area contributed by atoms with Crippen LogP contribution >= 0.6 is 23.2 Å². The van der Waals surface area contributed by atoms with Gasteiger partial charge in [-0.25, -0.2) is 0 Å². The molecule has 0 amide bonds. The van der Waals surface area contributed by atoms with Crippen molar-refractivity contribution in [1.82, 2.24) is 0 Å². The van der Waals surface area contributed by atoms with Crippen LogP contribution in [0.4, 0.5) is 0 Å². The van der Waals surface area contributed by atoms with Crippen molar-refractivity contribution in [3.8, 4) is 17.1 Å². The molecule has 0 bridgehead atoms. The predicted octanol–water partition coefficient (Wildman–Crippen LogP) is 5.63. The number of hydrogen-bond donors (Lipinski definition) is 1. The van der Waals surface area contributed by atoms with Gasteiger partial charge >= 0.3 is 0 Å². The van der Waals surface area contributed by atoms with Crippen molar-refractivity contribution in [3.05, 3.63) is 74.9 Å². The maximum Gasteiger partial charge on any atom is 0.235 e. The van der Waals surface area contributed by atoms with E-state index in [1.807, 2.05) is 36.4 Å². The van der Waals surface area contributed by atoms with Crippen LogP contribution in [0, 0.1) is 0 Å². The van der Waals surface area contributed by atoms with E-state index in [4.69, 9.17) is 27.6 Å². The summed E-state index contributed by atoms with van der Waals surface area (Å²) in [7, 11) is 0. The average molecular weight is 357 g/mol. The highest BCUT2D eigenvalue weighted by molar-refractivity contribution is 6.38. The van der Waals surface area contributed by atoms with Crippen LogP contribution in [0.15, 0.2) is 63.8 Å². The first-order chi connectivity index (χ1) is 11.6. The lowest BCUT2D eigenvalue weighted by atomic mass is 10.0. The zero-order valence-corrected chi connectivity index (χ0v) is 13.7. The van der Waals surface area contributed by atoms with E-state index in [1.54, 1.807) is 6.07 Å². The molecular formula is C19H10Cl2O3. The molecule has 3 nitrogen and oxygen atoms in total. The molecule has 5 heteroatoms. The SMILES string of the molecule is O=c1c(O)c(-c2cccc3ccccc23)oc2c(Cl)cc(Cl)cc12. The largest absolute Gasteiger partial charge is 0.502 e. The van der Waals surface area contributed by atoms with E-state index >= 15 is 0 Å². The molecule has 0 aliphatic rings. The molecule has 0 spiro atoms. The molecule has 118 valence electrons. The number of halogens is 2. The van der Waals surface area contributed by atoms with Crippen molar-refractivity contribution in [1.29, 1.82) is 0 Å². The highest BCUT2D eigenvalue weighted by Gasteiger charge is 2.19. The number of rotatable bonds is 1. The molecule has 4 aromatic rings. The zero-order chi connectivity index (χ0) is 16.8. The summed E-state index contributed by atoms with van der Waals surface area (Å²) >= 11 is 12.1. The van der Waals surface area contributed by atoms with E-state index in [2.05, 4.69) is 0 Å². The maximum absolute atomic E-state index is 12.5. The Balaban J connectivity index is 2.14. The van der Waals surface area contributed by atoms with E-state index in [1.165, 1.54) is 12.1 Å². The van der Waals surface area contributed by atoms with Crippen molar-refractivity contribution in [2.75, 3.05) is 0 Å². The molecule has 4 rings (SSSR count). The second-order valence-corrected chi connectivity index (χ2v) is 6.24. The molecule has 0 unspecified atom stereocenters. The maximum atomic E-state index is 12.5. The van der Waals surface area contributed by atoms with Gasteiger partial charge in [0.05, 0.1) is 10.4 Å². The van der Waals surface area contributed by atoms with Crippen LogP contribution in [0.2, 0.25) is 10.0 Å². The van der Waals surface area contributed by atoms with Gasteiger partial charge in [-0.2, -0.15) is 0 Å². The van der Waals surface area contributed by atoms with Gasteiger partial charge < -0.3 is 9.52 Å². The van der Waals surface area contributed by atoms with Gasteiger partial charge in [0, 0.05) is 10.6 Å². The van der Waals surface area contributed by atoms with Crippen molar-refractivity contribution < 1.29 is 9.52 Å². The Morgan fingerprint density at radius 3 is 2.50 bits per heavy atom. The van der Waals surface area contributed by atoms with Gasteiger partial charge in [-0.05, 0) is 22.9 Å². The summed E-state index contributed by atoms with van der Waals surface area (Å²) < 4.78 is 5.81. The first-order valence-corrected chi connectivity index (χ1v) is 7.95. The lowest BCUT2D eigenvalue weighted by molar-refractivity contribution is 0.449. The van der Waals surface area contributed by atoms with Gasteiger partial charge in [-0.1, -0.05) is 65.7 Å². The van der Waals surface area contributed by atoms with Crippen LogP contribution in [-0.2, 0) is 0 Å². The van der Waals surface area contributed by atoms with Crippen LogP contribution in [0.5, 0.6) is 5.75 Å². The third-order valence-corrected chi connectivity index (χ3v) is 4.42. The molecule has 1 aromatic heterocycles. The van der Waals surface area contributed by atoms with Crippen LogP contribution in [0.25, 0.3) is 33.1 Å². The summed E-state index contributed by atoms with van der Waals surface area (Å²) in [5.41, 5.74) is 0.256. The molecule has 3 aromatic carbocycles. The van der Waals surface area contributed by atoms with Crippen molar-refractivity contribution >= 4 is 44.9 Å². The molecule has 0 atom stereocenters. The topological polar surface area (TPSA) is 50.4 Å². The molecule has 0 radical (unpaired) electrons. The monoisotopic (exact) mass is 356 g/mol. The second-order valence-electron chi connectivity index (χ2n) is 5.40. The van der Waals surface area contributed by atoms with Crippen LogP contribution in [0.1, 0.15) is 0 Å². The van der Waals surface area contributed by atoms with Gasteiger partial charge in [0.2, 0.25) is 11.2 Å². The number of hydrogen-bond acceptors (Lipinski definition) is 3. The quantitative estimate of drug-likeness (QED) is 0.481. The fraction of sp³-hybridized carbons (Fsp3) is 0. The Morgan fingerprint density at radius 1 is 0.917 bits per heavy atom. The van der Waals surface area contributed by atoms with Crippen molar-refractivity contribution in [2.24, 2.45) is 0 Å². The summed E-state index contributed by atoms with van der Waals surface area (Å²) in [6.07, 6.45) is 0. The zero-order valence-electron chi connectivity index (χ0n) is 12.2. The smallest absolute Gasteiger partial charge is 0.235 e. The number of aromatic hydroxyl groups is 1. The molecule has 1 heterocycles. The Morgan fingerprint density at radius 2 is 1.67 bits per heavy atom. The minimum Gasteiger partial charge on any atom is -0.502 e. The van der Waals surface area contributed by atoms with Crippen molar-refractivity contribution in [3.63, 3.8) is 0 Å². The summed E-state index contributed by atoms with van der Waals surface area (Å²) in [5.74, 6) is -0.370. The Kier molecular flexibility index (Phi) is 3.48. The summed E-state index contributed by atoms with van der Waals surface area (Å²) in [6.45, 7) is 0. The molecule has 0 fully saturated rings. The Bertz CT molecular complexity index is 1160. The van der Waals surface area contributed by atoms with Gasteiger partial charge in [-0.3, -0.25) is 4.79 Å². The van der Waals surface area contributed by atoms with Gasteiger partial charge in [0.25, 0.3) is 0 Å². The standard InChI is InChI=1S/C19H10Cl2O3/c20-11-8-14-16(22)17(23)19(24-18(14)15(21)9-11)13-7-3-5-10-4-1-2-6-12(10)13/h1-9,23H. The minimum absolute atomic E-state index is 0.0912. The van der Waals surface area contributed by atoms with Gasteiger partial charge in [-0.15, -0.1) is 0 Å². The van der Waals surface area contributed by atoms with Gasteiger partial charge in [0.1, 0.15) is 0 Å². The highest BCUT2D eigenvalue weighted by atomic mass is 35.5. The number of benzene rings is 3. The first kappa shape index (κ1) is 15.1. The predicted molar refractivity (Wildman–Crippen MR) is 97.1 cm³/mol. The van der Waals surface area contributed by atoms with E-state index in [0.29, 0.717) is 10.6 Å². The first-order valence-electron chi connectivity index (χ1n) is 7.19. The minimum atomic E-state index is -0.566. The van der Waals surface area contributed by atoms with E-state index in [9.17, 15) is 9.90 Å². The molecule has 0 aliphatic heterocycles. The molecule has 0 saturated carbocycles. The van der Waals surface area contributed by atoms with Crippen LogP contribution in [-0.4, -0.2) is 5.11 Å². The molecule has 1 N–H and O–H groups in total. The molecule has 0 aliphatic carbocycles. The molecule has 0 saturated heterocycles. The molecule has 24 heavy (non-hydrogen) atoms. The summed E-state index contributed by atoms with van der Waals surface area (Å²) in [4.78, 5) is 12.5. The van der Waals surface area contributed by atoms with E-state index in [0.717, 1.165) is 10.8 Å². The fourth-order valence-corrected chi connectivity index (χ4v) is 3.35. The average Bonchev–Trinajstić information content (AvgIpc) is 2.58. The summed E-state index contributed by atoms with van der Waals surface area (Å²) in [6, 6.07) is 16.2. The normalized spacial score (nSPS) is 11.2. The van der Waals surface area contributed by atoms with Crippen molar-refractivity contribution in [2.45, 2.75) is 0 Å². The third kappa shape index (κ3) is 2.25. The Labute approximate surface area is 146 Å². The second kappa shape index (κ2) is 5.55. The van der Waals surface area contributed by atoms with Gasteiger partial charge in [0.15, 0.2) is 11.3 Å². The van der Waals surface area contributed by atoms with E-state index in [-0.39, 0.29) is 21.8 Å². The number of fused-ring (bicyclic) bond motifs is 2. The van der Waals surface area contributed by atoms with Crippen LogP contribution < -0.4 is 5.43 Å². The van der Waals surface area contributed by atoms with E-state index < -0.39 is 11.2 Å². The Hall–Kier alpha value is -2.49.